The lowest BCUT2D eigenvalue weighted by Gasteiger charge is -1.93. The van der Waals surface area contributed by atoms with Crippen molar-refractivity contribution in [3.8, 4) is 23.6 Å². The van der Waals surface area contributed by atoms with E-state index in [2.05, 4.69) is 11.0 Å². The third-order valence-corrected chi connectivity index (χ3v) is 2.72. The Morgan fingerprint density at radius 3 is 3.06 bits per heavy atom. The van der Waals surface area contributed by atoms with Gasteiger partial charge in [0.1, 0.15) is 17.8 Å². The van der Waals surface area contributed by atoms with E-state index in [1.807, 2.05) is 16.8 Å². The second-order valence-corrected chi connectivity index (χ2v) is 3.89. The summed E-state index contributed by atoms with van der Waals surface area (Å²) >= 11 is 1.49. The first-order valence-electron chi connectivity index (χ1n) is 4.49. The average molecular weight is 232 g/mol. The predicted molar refractivity (Wildman–Crippen MR) is 61.3 cm³/mol. The molecule has 0 bridgehead atoms. The van der Waals surface area contributed by atoms with Gasteiger partial charge >= 0.3 is 5.97 Å². The molecule has 2 aromatic heterocycles. The minimum atomic E-state index is -0.996. The number of carboxylic acid groups (broad SMARTS) is 1. The Balaban J connectivity index is 2.51. The Kier molecular flexibility index (Phi) is 2.75. The molecule has 0 saturated heterocycles. The molecule has 4 nitrogen and oxygen atoms in total. The van der Waals surface area contributed by atoms with Crippen molar-refractivity contribution < 1.29 is 9.90 Å². The van der Waals surface area contributed by atoms with Gasteiger partial charge in [-0.05, 0) is 11.4 Å². The second-order valence-electron chi connectivity index (χ2n) is 3.11. The Morgan fingerprint density at radius 2 is 2.50 bits per heavy atom. The highest BCUT2D eigenvalue weighted by Crippen LogP contribution is 2.24. The fourth-order valence-electron chi connectivity index (χ4n) is 1.36. The molecule has 2 heterocycles. The zero-order valence-corrected chi connectivity index (χ0v) is 9.07. The number of aromatic nitrogens is 2. The molecule has 2 aromatic rings. The molecule has 0 radical (unpaired) electrons. The monoisotopic (exact) mass is 232 g/mol. The minimum absolute atomic E-state index is 0.175. The molecule has 0 amide bonds. The molecule has 0 saturated carbocycles. The molecule has 2 rings (SSSR count). The van der Waals surface area contributed by atoms with Gasteiger partial charge in [-0.1, -0.05) is 5.92 Å². The van der Waals surface area contributed by atoms with Crippen molar-refractivity contribution in [2.45, 2.75) is 6.54 Å². The molecular formula is C11H8N2O2S. The van der Waals surface area contributed by atoms with E-state index >= 15 is 0 Å². The lowest BCUT2D eigenvalue weighted by Crippen LogP contribution is -1.96. The summed E-state index contributed by atoms with van der Waals surface area (Å²) < 4.78 is 1.45. The number of carboxylic acids is 1. The predicted octanol–water partition coefficient (Wildman–Crippen LogP) is 1.94. The van der Waals surface area contributed by atoms with Gasteiger partial charge in [0.15, 0.2) is 0 Å². The van der Waals surface area contributed by atoms with Gasteiger partial charge < -0.3 is 5.11 Å². The molecule has 0 aromatic carbocycles. The van der Waals surface area contributed by atoms with Gasteiger partial charge in [0.05, 0.1) is 0 Å². The third kappa shape index (κ3) is 1.83. The van der Waals surface area contributed by atoms with Crippen molar-refractivity contribution in [3.05, 3.63) is 28.6 Å². The highest BCUT2D eigenvalue weighted by Gasteiger charge is 2.16. The van der Waals surface area contributed by atoms with Crippen LogP contribution in [-0.2, 0) is 6.54 Å². The molecule has 0 aliphatic heterocycles. The van der Waals surface area contributed by atoms with Crippen LogP contribution < -0.4 is 0 Å². The zero-order chi connectivity index (χ0) is 11.5. The van der Waals surface area contributed by atoms with Crippen molar-refractivity contribution in [1.82, 2.24) is 9.78 Å². The average Bonchev–Trinajstić information content (AvgIpc) is 2.83. The first-order chi connectivity index (χ1) is 7.72. The smallest absolute Gasteiger partial charge is 0.339 e. The van der Waals surface area contributed by atoms with Gasteiger partial charge in [-0.15, -0.1) is 6.42 Å². The fraction of sp³-hybridized carbons (Fsp3) is 0.0909. The lowest BCUT2D eigenvalue weighted by molar-refractivity contribution is 0.0697. The molecule has 5 heteroatoms. The van der Waals surface area contributed by atoms with Gasteiger partial charge in [-0.2, -0.15) is 16.4 Å². The van der Waals surface area contributed by atoms with Crippen molar-refractivity contribution in [2.75, 3.05) is 0 Å². The van der Waals surface area contributed by atoms with E-state index in [1.165, 1.54) is 22.2 Å². The van der Waals surface area contributed by atoms with Gasteiger partial charge in [0.25, 0.3) is 0 Å². The van der Waals surface area contributed by atoms with Crippen LogP contribution in [0.2, 0.25) is 0 Å². The van der Waals surface area contributed by atoms with Gasteiger partial charge in [0.2, 0.25) is 0 Å². The molecular weight excluding hydrogens is 224 g/mol. The summed E-state index contributed by atoms with van der Waals surface area (Å²) in [5.74, 6) is 1.42. The molecule has 16 heavy (non-hydrogen) atoms. The van der Waals surface area contributed by atoms with E-state index < -0.39 is 5.97 Å². The van der Waals surface area contributed by atoms with Gasteiger partial charge in [0, 0.05) is 17.1 Å². The number of hydrogen-bond donors (Lipinski definition) is 1. The number of aromatic carboxylic acids is 1. The van der Waals surface area contributed by atoms with Gasteiger partial charge in [-0.3, -0.25) is 4.68 Å². The molecule has 0 spiro atoms. The fourth-order valence-corrected chi connectivity index (χ4v) is 2.01. The molecule has 0 aliphatic carbocycles. The summed E-state index contributed by atoms with van der Waals surface area (Å²) in [7, 11) is 0. The first-order valence-corrected chi connectivity index (χ1v) is 5.43. The number of terminal acetylenes is 1. The van der Waals surface area contributed by atoms with E-state index in [9.17, 15) is 4.79 Å². The van der Waals surface area contributed by atoms with E-state index in [0.29, 0.717) is 5.69 Å². The van der Waals surface area contributed by atoms with Crippen molar-refractivity contribution in [1.29, 1.82) is 0 Å². The number of nitrogens with zero attached hydrogens (tertiary/aromatic N) is 2. The maximum Gasteiger partial charge on any atom is 0.339 e. The summed E-state index contributed by atoms with van der Waals surface area (Å²) in [4.78, 5) is 11.0. The molecule has 1 N–H and O–H groups in total. The number of carbonyl (C=O) groups is 1. The van der Waals surface area contributed by atoms with Crippen LogP contribution >= 0.6 is 11.3 Å². The maximum absolute atomic E-state index is 11.0. The van der Waals surface area contributed by atoms with Gasteiger partial charge in [-0.25, -0.2) is 4.79 Å². The normalized spacial score (nSPS) is 9.94. The molecule has 80 valence electrons. The highest BCUT2D eigenvalue weighted by molar-refractivity contribution is 7.08. The third-order valence-electron chi connectivity index (χ3n) is 2.04. The summed E-state index contributed by atoms with van der Waals surface area (Å²) in [6.07, 6.45) is 6.61. The minimum Gasteiger partial charge on any atom is -0.478 e. The molecule has 0 unspecified atom stereocenters. The quantitative estimate of drug-likeness (QED) is 0.823. The Labute approximate surface area is 96.2 Å². The zero-order valence-electron chi connectivity index (χ0n) is 8.25. The van der Waals surface area contributed by atoms with Crippen LogP contribution in [0.5, 0.6) is 0 Å². The standard InChI is InChI=1S/C11H8N2O2S/c1-2-4-13-6-9(11(14)15)10(12-13)8-3-5-16-7-8/h1,3,5-7H,4H2,(H,14,15). The van der Waals surface area contributed by atoms with Crippen molar-refractivity contribution >= 4 is 17.3 Å². The summed E-state index contributed by atoms with van der Waals surface area (Å²) in [5.41, 5.74) is 1.44. The van der Waals surface area contributed by atoms with Crippen LogP contribution in [0.1, 0.15) is 10.4 Å². The molecule has 0 fully saturated rings. The van der Waals surface area contributed by atoms with E-state index in [-0.39, 0.29) is 12.1 Å². The summed E-state index contributed by atoms with van der Waals surface area (Å²) in [6.45, 7) is 0.268. The number of thiophene rings is 1. The Bertz CT molecular complexity index is 549. The van der Waals surface area contributed by atoms with Crippen LogP contribution in [0.15, 0.2) is 23.0 Å². The van der Waals surface area contributed by atoms with Crippen molar-refractivity contribution in [3.63, 3.8) is 0 Å². The van der Waals surface area contributed by atoms with Crippen LogP contribution in [-0.4, -0.2) is 20.9 Å². The SMILES string of the molecule is C#CCn1cc(C(=O)O)c(-c2ccsc2)n1. The molecule has 0 aliphatic rings. The highest BCUT2D eigenvalue weighted by atomic mass is 32.1. The number of hydrogen-bond acceptors (Lipinski definition) is 3. The largest absolute Gasteiger partial charge is 0.478 e. The second kappa shape index (κ2) is 4.21. The van der Waals surface area contributed by atoms with Crippen LogP contribution in [0.3, 0.4) is 0 Å². The Hall–Kier alpha value is -2.06. The van der Waals surface area contributed by atoms with Crippen LogP contribution in [0, 0.1) is 12.3 Å². The number of rotatable bonds is 3. The van der Waals surface area contributed by atoms with E-state index in [4.69, 9.17) is 11.5 Å². The van der Waals surface area contributed by atoms with E-state index in [1.54, 1.807) is 0 Å². The maximum atomic E-state index is 11.0. The lowest BCUT2D eigenvalue weighted by atomic mass is 10.1. The Morgan fingerprint density at radius 1 is 1.69 bits per heavy atom. The first kappa shape index (κ1) is 10.5. The summed E-state index contributed by atoms with van der Waals surface area (Å²) in [6, 6.07) is 1.83. The van der Waals surface area contributed by atoms with Crippen LogP contribution in [0.4, 0.5) is 0 Å². The topological polar surface area (TPSA) is 55.1 Å². The summed E-state index contributed by atoms with van der Waals surface area (Å²) in [5, 5.41) is 16.9. The van der Waals surface area contributed by atoms with E-state index in [0.717, 1.165) is 5.56 Å². The molecule has 0 atom stereocenters. The van der Waals surface area contributed by atoms with Crippen molar-refractivity contribution in [2.24, 2.45) is 0 Å². The van der Waals surface area contributed by atoms with Crippen LogP contribution in [0.25, 0.3) is 11.3 Å².